The van der Waals surface area contributed by atoms with Gasteiger partial charge < -0.3 is 10.2 Å². The normalized spacial score (nSPS) is 24.4. The number of nitrogens with one attached hydrogen (secondary N) is 1. The summed E-state index contributed by atoms with van der Waals surface area (Å²) in [7, 11) is 1.59. The lowest BCUT2D eigenvalue weighted by atomic mass is 9.78. The van der Waals surface area contributed by atoms with Crippen molar-refractivity contribution < 1.29 is 13.6 Å². The van der Waals surface area contributed by atoms with Crippen LogP contribution in [0.3, 0.4) is 0 Å². The van der Waals surface area contributed by atoms with Gasteiger partial charge in [0.1, 0.15) is 18.7 Å². The quantitative estimate of drug-likeness (QED) is 0.815. The van der Waals surface area contributed by atoms with Crippen LogP contribution in [0.4, 0.5) is 8.78 Å². The maximum absolute atomic E-state index is 13.5. The van der Waals surface area contributed by atoms with Gasteiger partial charge in [0, 0.05) is 38.0 Å². The molecule has 2 aromatic rings. The summed E-state index contributed by atoms with van der Waals surface area (Å²) in [5.74, 6) is -0.518. The molecule has 0 radical (unpaired) electrons. The molecule has 28 heavy (non-hydrogen) atoms. The molecule has 148 valence electrons. The third kappa shape index (κ3) is 3.66. The van der Waals surface area contributed by atoms with Gasteiger partial charge in [-0.3, -0.25) is 4.90 Å². The number of halogens is 2. The zero-order valence-corrected chi connectivity index (χ0v) is 16.0. The second kappa shape index (κ2) is 7.97. The van der Waals surface area contributed by atoms with Crippen LogP contribution in [-0.4, -0.2) is 43.9 Å². The number of nitrogens with zero attached hydrogens (tertiary/aromatic N) is 2. The molecule has 0 aromatic heterocycles. The number of likely N-dealkylation sites (tertiary alicyclic amines) is 1. The fourth-order valence-electron chi connectivity index (χ4n) is 4.56. The van der Waals surface area contributed by atoms with Crippen LogP contribution in [-0.2, 0) is 4.84 Å². The van der Waals surface area contributed by atoms with Gasteiger partial charge in [0.2, 0.25) is 0 Å². The topological polar surface area (TPSA) is 36.9 Å². The molecule has 0 bridgehead atoms. The van der Waals surface area contributed by atoms with Crippen molar-refractivity contribution in [3.8, 4) is 0 Å². The molecule has 2 aliphatic rings. The molecule has 1 atom stereocenters. The predicted octanol–water partition coefficient (Wildman–Crippen LogP) is 3.74. The summed E-state index contributed by atoms with van der Waals surface area (Å²) in [6.45, 7) is 3.47. The largest absolute Gasteiger partial charge is 0.399 e. The van der Waals surface area contributed by atoms with E-state index in [4.69, 9.17) is 4.84 Å². The Morgan fingerprint density at radius 2 is 1.64 bits per heavy atom. The Morgan fingerprint density at radius 1 is 1.04 bits per heavy atom. The highest BCUT2D eigenvalue weighted by Crippen LogP contribution is 2.41. The molecule has 0 saturated carbocycles. The molecule has 1 unspecified atom stereocenters. The number of hydrogen-bond donors (Lipinski definition) is 1. The Morgan fingerprint density at radius 3 is 2.21 bits per heavy atom. The molecule has 2 fully saturated rings. The van der Waals surface area contributed by atoms with Crippen molar-refractivity contribution in [2.24, 2.45) is 10.6 Å². The zero-order valence-electron chi connectivity index (χ0n) is 16.0. The Bertz CT molecular complexity index is 792. The summed E-state index contributed by atoms with van der Waals surface area (Å²) in [5.41, 5.74) is 3.04. The van der Waals surface area contributed by atoms with E-state index >= 15 is 0 Å². The summed E-state index contributed by atoms with van der Waals surface area (Å²) in [5, 5.41) is 7.83. The number of oxime groups is 1. The highest BCUT2D eigenvalue weighted by molar-refractivity contribution is 5.91. The van der Waals surface area contributed by atoms with Gasteiger partial charge in [-0.25, -0.2) is 8.78 Å². The van der Waals surface area contributed by atoms with Crippen molar-refractivity contribution in [1.29, 1.82) is 0 Å². The van der Waals surface area contributed by atoms with Gasteiger partial charge in [-0.1, -0.05) is 29.4 Å². The van der Waals surface area contributed by atoms with Gasteiger partial charge in [-0.05, 0) is 41.8 Å². The lowest BCUT2D eigenvalue weighted by Crippen LogP contribution is -2.49. The molecular weight excluding hydrogens is 360 g/mol. The lowest BCUT2D eigenvalue weighted by Gasteiger charge is -2.36. The SMILES string of the molecule is CO/N=C1\CCNCC12CCN(C(c1ccc(F)cc1)c1ccc(F)cc1)C2. The molecular formula is C22H25F2N3O. The number of hydrogen-bond acceptors (Lipinski definition) is 4. The smallest absolute Gasteiger partial charge is 0.123 e. The van der Waals surface area contributed by atoms with Gasteiger partial charge in [0.25, 0.3) is 0 Å². The van der Waals surface area contributed by atoms with Crippen molar-refractivity contribution in [2.75, 3.05) is 33.3 Å². The molecule has 2 aliphatic heterocycles. The van der Waals surface area contributed by atoms with Crippen LogP contribution in [0.5, 0.6) is 0 Å². The molecule has 4 rings (SSSR count). The molecule has 1 N–H and O–H groups in total. The van der Waals surface area contributed by atoms with Crippen LogP contribution >= 0.6 is 0 Å². The second-order valence-electron chi connectivity index (χ2n) is 7.65. The molecule has 1 spiro atoms. The van der Waals surface area contributed by atoms with E-state index in [1.165, 1.54) is 24.3 Å². The minimum absolute atomic E-state index is 0.0629. The molecule has 6 heteroatoms. The van der Waals surface area contributed by atoms with E-state index in [1.54, 1.807) is 7.11 Å². The van der Waals surface area contributed by atoms with E-state index < -0.39 is 0 Å². The van der Waals surface area contributed by atoms with Crippen molar-refractivity contribution >= 4 is 5.71 Å². The fraction of sp³-hybridized carbons (Fsp3) is 0.409. The second-order valence-corrected chi connectivity index (χ2v) is 7.65. The van der Waals surface area contributed by atoms with E-state index in [0.29, 0.717) is 0 Å². The maximum atomic E-state index is 13.5. The standard InChI is InChI=1S/C22H25F2N3O/c1-28-26-20-10-12-25-14-22(20)11-13-27(15-22)21(16-2-6-18(23)7-3-16)17-4-8-19(24)9-5-17/h2-9,21,25H,10-15H2,1H3/b26-20+. The van der Waals surface area contributed by atoms with Crippen LogP contribution in [0, 0.1) is 17.0 Å². The average molecular weight is 385 g/mol. The van der Waals surface area contributed by atoms with Crippen LogP contribution in [0.2, 0.25) is 0 Å². The fourth-order valence-corrected chi connectivity index (χ4v) is 4.56. The Hall–Kier alpha value is -2.31. The first-order valence-electron chi connectivity index (χ1n) is 9.67. The third-order valence-corrected chi connectivity index (χ3v) is 5.94. The van der Waals surface area contributed by atoms with Gasteiger partial charge in [0.05, 0.1) is 11.8 Å². The minimum Gasteiger partial charge on any atom is -0.399 e. The first-order chi connectivity index (χ1) is 13.6. The number of piperidine rings is 1. The van der Waals surface area contributed by atoms with Crippen molar-refractivity contribution in [3.05, 3.63) is 71.3 Å². The van der Waals surface area contributed by atoms with Gasteiger partial charge in [0.15, 0.2) is 0 Å². The van der Waals surface area contributed by atoms with Gasteiger partial charge in [-0.2, -0.15) is 0 Å². The van der Waals surface area contributed by atoms with E-state index in [9.17, 15) is 8.78 Å². The van der Waals surface area contributed by atoms with Crippen LogP contribution in [0.25, 0.3) is 0 Å². The van der Waals surface area contributed by atoms with E-state index in [2.05, 4.69) is 15.4 Å². The molecule has 0 aliphatic carbocycles. The molecule has 2 saturated heterocycles. The lowest BCUT2D eigenvalue weighted by molar-refractivity contribution is 0.198. The summed E-state index contributed by atoms with van der Waals surface area (Å²) in [4.78, 5) is 7.51. The summed E-state index contributed by atoms with van der Waals surface area (Å²) < 4.78 is 27.0. The summed E-state index contributed by atoms with van der Waals surface area (Å²) in [6.07, 6.45) is 1.85. The van der Waals surface area contributed by atoms with E-state index in [-0.39, 0.29) is 23.1 Å². The number of benzene rings is 2. The molecule has 0 amide bonds. The minimum atomic E-state index is -0.259. The van der Waals surface area contributed by atoms with Gasteiger partial charge in [-0.15, -0.1) is 0 Å². The van der Waals surface area contributed by atoms with Crippen molar-refractivity contribution in [2.45, 2.75) is 18.9 Å². The van der Waals surface area contributed by atoms with Crippen LogP contribution in [0.1, 0.15) is 30.0 Å². The Balaban J connectivity index is 1.68. The highest BCUT2D eigenvalue weighted by atomic mass is 19.1. The van der Waals surface area contributed by atoms with Gasteiger partial charge >= 0.3 is 0 Å². The first kappa shape index (κ1) is 19.0. The van der Waals surface area contributed by atoms with Crippen LogP contribution in [0.15, 0.2) is 53.7 Å². The Kier molecular flexibility index (Phi) is 5.42. The van der Waals surface area contributed by atoms with Crippen molar-refractivity contribution in [1.82, 2.24) is 10.2 Å². The molecule has 2 heterocycles. The third-order valence-electron chi connectivity index (χ3n) is 5.94. The number of rotatable bonds is 4. The van der Waals surface area contributed by atoms with E-state index in [1.807, 2.05) is 24.3 Å². The monoisotopic (exact) mass is 385 g/mol. The summed E-state index contributed by atoms with van der Waals surface area (Å²) in [6, 6.07) is 13.1. The molecule has 2 aromatic carbocycles. The molecule has 4 nitrogen and oxygen atoms in total. The highest BCUT2D eigenvalue weighted by Gasteiger charge is 2.46. The first-order valence-corrected chi connectivity index (χ1v) is 9.67. The van der Waals surface area contributed by atoms with Crippen LogP contribution < -0.4 is 5.32 Å². The van der Waals surface area contributed by atoms with E-state index in [0.717, 1.165) is 55.9 Å². The predicted molar refractivity (Wildman–Crippen MR) is 105 cm³/mol. The zero-order chi connectivity index (χ0) is 19.6. The Labute approximate surface area is 164 Å². The average Bonchev–Trinajstić information content (AvgIpc) is 3.11. The maximum Gasteiger partial charge on any atom is 0.123 e. The summed E-state index contributed by atoms with van der Waals surface area (Å²) >= 11 is 0. The van der Waals surface area contributed by atoms with Crippen molar-refractivity contribution in [3.63, 3.8) is 0 Å².